The van der Waals surface area contributed by atoms with Crippen LogP contribution < -0.4 is 0 Å². The van der Waals surface area contributed by atoms with E-state index in [1.807, 2.05) is 20.8 Å². The van der Waals surface area contributed by atoms with Gasteiger partial charge in [-0.2, -0.15) is 0 Å². The van der Waals surface area contributed by atoms with Gasteiger partial charge in [-0.05, 0) is 6.92 Å². The third-order valence-corrected chi connectivity index (χ3v) is 4.73. The first-order chi connectivity index (χ1) is 5.54. The van der Waals surface area contributed by atoms with Crippen LogP contribution in [0.15, 0.2) is 0 Å². The Labute approximate surface area is 73.0 Å². The maximum Gasteiger partial charge on any atom is 0.300 e. The van der Waals surface area contributed by atoms with Gasteiger partial charge in [0, 0.05) is 13.1 Å². The van der Waals surface area contributed by atoms with E-state index in [9.17, 15) is 9.46 Å². The number of hydrogen-bond donors (Lipinski definition) is 1. The summed E-state index contributed by atoms with van der Waals surface area (Å²) in [5, 5.41) is 0. The highest BCUT2D eigenvalue weighted by Crippen LogP contribution is 2.58. The summed E-state index contributed by atoms with van der Waals surface area (Å²) >= 11 is 0. The van der Waals surface area contributed by atoms with Crippen molar-refractivity contribution >= 4 is 7.52 Å². The second-order valence-electron chi connectivity index (χ2n) is 2.96. The molecule has 12 heavy (non-hydrogen) atoms. The van der Waals surface area contributed by atoms with Gasteiger partial charge in [0.1, 0.15) is 0 Å². The summed E-state index contributed by atoms with van der Waals surface area (Å²) in [5.41, 5.74) is 0. The summed E-state index contributed by atoms with van der Waals surface area (Å²) in [6.07, 6.45) is -0.0542. The number of epoxide rings is 1. The number of rotatable bonds is 4. The zero-order chi connectivity index (χ0) is 9.35. The molecular weight excluding hydrogens is 177 g/mol. The molecule has 1 aliphatic rings. The van der Waals surface area contributed by atoms with Gasteiger partial charge in [0.15, 0.2) is 5.85 Å². The Morgan fingerprint density at radius 3 is 2.17 bits per heavy atom. The predicted octanol–water partition coefficient (Wildman–Crippen LogP) is 1.26. The van der Waals surface area contributed by atoms with E-state index in [1.165, 1.54) is 0 Å². The van der Waals surface area contributed by atoms with Crippen molar-refractivity contribution in [1.29, 1.82) is 0 Å². The van der Waals surface area contributed by atoms with Crippen molar-refractivity contribution in [3.8, 4) is 0 Å². The highest BCUT2D eigenvalue weighted by Gasteiger charge is 2.51. The van der Waals surface area contributed by atoms with E-state index in [2.05, 4.69) is 0 Å². The summed E-state index contributed by atoms with van der Waals surface area (Å²) in [6.45, 7) is 6.75. The van der Waals surface area contributed by atoms with Gasteiger partial charge in [0.2, 0.25) is 0 Å². The molecule has 0 aromatic carbocycles. The summed E-state index contributed by atoms with van der Waals surface area (Å²) in [6, 6.07) is 0. The van der Waals surface area contributed by atoms with E-state index in [4.69, 9.17) is 4.74 Å². The zero-order valence-electron chi connectivity index (χ0n) is 7.73. The van der Waals surface area contributed by atoms with Gasteiger partial charge < -0.3 is 9.63 Å². The summed E-state index contributed by atoms with van der Waals surface area (Å²) in [4.78, 5) is 9.64. The maximum atomic E-state index is 11.7. The monoisotopic (exact) mass is 193 g/mol. The van der Waals surface area contributed by atoms with Crippen LogP contribution in [0, 0.1) is 0 Å². The standard InChI is InChI=1S/C7H16NO3P/c1-4-8(5-2)12(9,10)7-6(3)11-7/h6-7H,4-5H2,1-3H3,(H,9,10)/t6-,7+/m1/s1. The molecule has 0 radical (unpaired) electrons. The minimum absolute atomic E-state index is 0.0542. The molecule has 0 saturated carbocycles. The molecule has 3 atom stereocenters. The molecule has 1 N–H and O–H groups in total. The van der Waals surface area contributed by atoms with E-state index in [0.717, 1.165) is 0 Å². The molecule has 1 fully saturated rings. The Morgan fingerprint density at radius 2 is 1.92 bits per heavy atom. The molecular formula is C7H16NO3P. The largest absolute Gasteiger partial charge is 0.358 e. The second kappa shape index (κ2) is 3.46. The average molecular weight is 193 g/mol. The molecule has 5 heteroatoms. The highest BCUT2D eigenvalue weighted by molar-refractivity contribution is 7.56. The summed E-state index contributed by atoms with van der Waals surface area (Å²) < 4.78 is 18.3. The minimum Gasteiger partial charge on any atom is -0.358 e. The lowest BCUT2D eigenvalue weighted by atomic mass is 10.6. The molecule has 0 aromatic rings. The molecule has 0 aliphatic carbocycles. The Balaban J connectivity index is 2.63. The molecule has 0 amide bonds. The van der Waals surface area contributed by atoms with Crippen LogP contribution in [0.3, 0.4) is 0 Å². The van der Waals surface area contributed by atoms with Gasteiger partial charge in [-0.3, -0.25) is 4.57 Å². The van der Waals surface area contributed by atoms with Gasteiger partial charge in [0.25, 0.3) is 0 Å². The lowest BCUT2D eigenvalue weighted by molar-refractivity contribution is 0.332. The van der Waals surface area contributed by atoms with Gasteiger partial charge in [-0.25, -0.2) is 4.67 Å². The normalized spacial score (nSPS) is 33.4. The molecule has 72 valence electrons. The fraction of sp³-hybridized carbons (Fsp3) is 1.00. The first-order valence-electron chi connectivity index (χ1n) is 4.27. The smallest absolute Gasteiger partial charge is 0.300 e. The second-order valence-corrected chi connectivity index (χ2v) is 5.21. The van der Waals surface area contributed by atoms with Crippen LogP contribution >= 0.6 is 7.52 Å². The molecule has 1 rings (SSSR count). The third-order valence-electron chi connectivity index (χ3n) is 2.15. The fourth-order valence-electron chi connectivity index (χ4n) is 1.32. The van der Waals surface area contributed by atoms with Crippen LogP contribution in [-0.2, 0) is 9.30 Å². The Bertz CT molecular complexity index is 205. The van der Waals surface area contributed by atoms with Crippen molar-refractivity contribution in [1.82, 2.24) is 4.67 Å². The van der Waals surface area contributed by atoms with E-state index in [-0.39, 0.29) is 6.10 Å². The Hall–Kier alpha value is 0.110. The topological polar surface area (TPSA) is 53.1 Å². The number of hydrogen-bond acceptors (Lipinski definition) is 2. The zero-order valence-corrected chi connectivity index (χ0v) is 8.62. The van der Waals surface area contributed by atoms with Crippen LogP contribution in [0.2, 0.25) is 0 Å². The Morgan fingerprint density at radius 1 is 1.50 bits per heavy atom. The number of ether oxygens (including phenoxy) is 1. The van der Waals surface area contributed by atoms with Gasteiger partial charge >= 0.3 is 7.52 Å². The first-order valence-corrected chi connectivity index (χ1v) is 5.95. The molecule has 0 aromatic heterocycles. The first kappa shape index (κ1) is 10.2. The van der Waals surface area contributed by atoms with Gasteiger partial charge in [0.05, 0.1) is 6.10 Å². The summed E-state index contributed by atoms with van der Waals surface area (Å²) in [5.74, 6) is -0.447. The van der Waals surface area contributed by atoms with Crippen molar-refractivity contribution in [2.24, 2.45) is 0 Å². The molecule has 1 heterocycles. The minimum atomic E-state index is -3.21. The third kappa shape index (κ3) is 1.72. The van der Waals surface area contributed by atoms with Crippen LogP contribution in [-0.4, -0.2) is 34.6 Å². The van der Waals surface area contributed by atoms with Crippen molar-refractivity contribution < 1.29 is 14.2 Å². The van der Waals surface area contributed by atoms with E-state index in [0.29, 0.717) is 13.1 Å². The van der Waals surface area contributed by atoms with Crippen molar-refractivity contribution in [3.63, 3.8) is 0 Å². The van der Waals surface area contributed by atoms with Crippen LogP contribution in [0.5, 0.6) is 0 Å². The molecule has 4 nitrogen and oxygen atoms in total. The molecule has 0 bridgehead atoms. The fourth-order valence-corrected chi connectivity index (χ4v) is 3.35. The quantitative estimate of drug-likeness (QED) is 0.539. The Kier molecular flexibility index (Phi) is 2.94. The van der Waals surface area contributed by atoms with Crippen molar-refractivity contribution in [3.05, 3.63) is 0 Å². The maximum absolute atomic E-state index is 11.7. The predicted molar refractivity (Wildman–Crippen MR) is 47.1 cm³/mol. The van der Waals surface area contributed by atoms with Crippen LogP contribution in [0.25, 0.3) is 0 Å². The lowest BCUT2D eigenvalue weighted by Crippen LogP contribution is -2.22. The number of nitrogens with zero attached hydrogens (tertiary/aromatic N) is 1. The summed E-state index contributed by atoms with van der Waals surface area (Å²) in [7, 11) is -3.21. The molecule has 1 saturated heterocycles. The van der Waals surface area contributed by atoms with Gasteiger partial charge in [-0.1, -0.05) is 13.8 Å². The highest BCUT2D eigenvalue weighted by atomic mass is 31.2. The van der Waals surface area contributed by atoms with Crippen LogP contribution in [0.1, 0.15) is 20.8 Å². The van der Waals surface area contributed by atoms with E-state index < -0.39 is 13.4 Å². The van der Waals surface area contributed by atoms with E-state index in [1.54, 1.807) is 4.67 Å². The van der Waals surface area contributed by atoms with E-state index >= 15 is 0 Å². The molecule has 1 unspecified atom stereocenters. The lowest BCUT2D eigenvalue weighted by Gasteiger charge is -2.22. The van der Waals surface area contributed by atoms with Crippen molar-refractivity contribution in [2.45, 2.75) is 32.7 Å². The SMILES string of the molecule is CCN(CC)P(=O)(O)[C@@H]1O[C@@H]1C. The van der Waals surface area contributed by atoms with Crippen molar-refractivity contribution in [2.75, 3.05) is 13.1 Å². The van der Waals surface area contributed by atoms with Crippen LogP contribution in [0.4, 0.5) is 0 Å². The molecule has 0 spiro atoms. The van der Waals surface area contributed by atoms with Gasteiger partial charge in [-0.15, -0.1) is 0 Å². The average Bonchev–Trinajstić information content (AvgIpc) is 2.69. The molecule has 1 aliphatic heterocycles.